The zero-order valence-electron chi connectivity index (χ0n) is 9.04. The monoisotopic (exact) mass is 238 g/mol. The molecule has 16 heavy (non-hydrogen) atoms. The van der Waals surface area contributed by atoms with E-state index in [2.05, 4.69) is 22.5 Å². The number of carbonyl (C=O) groups is 1. The number of carbonyl (C=O) groups excluding carboxylic acids is 1. The topological polar surface area (TPSA) is 61.4 Å². The molecule has 0 aliphatic carbocycles. The highest BCUT2D eigenvalue weighted by atomic mass is 32.1. The van der Waals surface area contributed by atoms with E-state index >= 15 is 0 Å². The number of urea groups is 1. The Bertz CT molecular complexity index is 404. The van der Waals surface area contributed by atoms with E-state index in [0.29, 0.717) is 13.0 Å². The minimum absolute atomic E-state index is 0.0724. The van der Waals surface area contributed by atoms with Gasteiger partial charge in [0, 0.05) is 23.9 Å². The molecule has 4 nitrogen and oxygen atoms in total. The quantitative estimate of drug-likeness (QED) is 0.685. The van der Waals surface area contributed by atoms with Gasteiger partial charge in [0.2, 0.25) is 0 Å². The zero-order chi connectivity index (χ0) is 11.8. The molecule has 0 unspecified atom stereocenters. The Kier molecular flexibility index (Phi) is 5.40. The number of hydrogen-bond acceptors (Lipinski definition) is 3. The molecular weight excluding hydrogens is 224 g/mol. The maximum absolute atomic E-state index is 11.0. The van der Waals surface area contributed by atoms with Crippen molar-refractivity contribution in [3.63, 3.8) is 0 Å². The van der Waals surface area contributed by atoms with Gasteiger partial charge in [0.1, 0.15) is 0 Å². The average Bonchev–Trinajstić information content (AvgIpc) is 2.74. The first-order chi connectivity index (χ1) is 7.77. The first-order valence-corrected chi connectivity index (χ1v) is 5.77. The molecule has 1 aromatic heterocycles. The Morgan fingerprint density at radius 1 is 1.62 bits per heavy atom. The van der Waals surface area contributed by atoms with E-state index in [0.717, 1.165) is 10.4 Å². The van der Waals surface area contributed by atoms with Crippen LogP contribution in [0.15, 0.2) is 11.4 Å². The molecule has 0 saturated heterocycles. The Balaban J connectivity index is 2.58. The molecule has 86 valence electrons. The molecule has 0 aliphatic rings. The summed E-state index contributed by atoms with van der Waals surface area (Å²) < 4.78 is 0. The van der Waals surface area contributed by atoms with Gasteiger partial charge >= 0.3 is 6.03 Å². The number of amides is 2. The maximum Gasteiger partial charge on any atom is 0.314 e. The summed E-state index contributed by atoms with van der Waals surface area (Å²) in [6, 6.07) is 1.71. The van der Waals surface area contributed by atoms with Gasteiger partial charge in [-0.3, -0.25) is 0 Å². The van der Waals surface area contributed by atoms with Gasteiger partial charge in [-0.1, -0.05) is 11.8 Å². The fraction of sp³-hybridized carbons (Fsp3) is 0.364. The first-order valence-electron chi connectivity index (χ1n) is 4.89. The average molecular weight is 238 g/mol. The van der Waals surface area contributed by atoms with Crippen molar-refractivity contribution in [1.82, 2.24) is 10.6 Å². The number of hydrogen-bond donors (Lipinski definition) is 3. The summed E-state index contributed by atoms with van der Waals surface area (Å²) in [7, 11) is 1.58. The van der Waals surface area contributed by atoms with Gasteiger partial charge in [0.15, 0.2) is 0 Å². The lowest BCUT2D eigenvalue weighted by molar-refractivity contribution is 0.242. The second kappa shape index (κ2) is 6.88. The lowest BCUT2D eigenvalue weighted by atomic mass is 10.2. The molecule has 0 spiro atoms. The highest BCUT2D eigenvalue weighted by molar-refractivity contribution is 7.10. The fourth-order valence-corrected chi connectivity index (χ4v) is 1.82. The molecule has 2 amide bonds. The van der Waals surface area contributed by atoms with Crippen molar-refractivity contribution in [1.29, 1.82) is 0 Å². The fourth-order valence-electron chi connectivity index (χ4n) is 1.05. The van der Waals surface area contributed by atoms with Crippen LogP contribution < -0.4 is 10.6 Å². The van der Waals surface area contributed by atoms with E-state index in [4.69, 9.17) is 5.11 Å². The van der Waals surface area contributed by atoms with Crippen molar-refractivity contribution in [2.45, 2.75) is 13.0 Å². The Labute approximate surface area is 98.7 Å². The van der Waals surface area contributed by atoms with Crippen molar-refractivity contribution in [3.8, 4) is 11.8 Å². The predicted molar refractivity (Wildman–Crippen MR) is 64.2 cm³/mol. The molecule has 0 radical (unpaired) electrons. The lowest BCUT2D eigenvalue weighted by Crippen LogP contribution is -2.31. The van der Waals surface area contributed by atoms with Crippen molar-refractivity contribution < 1.29 is 9.90 Å². The molecule has 1 heterocycles. The van der Waals surface area contributed by atoms with Gasteiger partial charge in [0.05, 0.1) is 13.2 Å². The second-order valence-electron chi connectivity index (χ2n) is 2.97. The third-order valence-electron chi connectivity index (χ3n) is 1.84. The summed E-state index contributed by atoms with van der Waals surface area (Å²) in [6.45, 7) is 0.545. The van der Waals surface area contributed by atoms with Crippen LogP contribution in [0, 0.1) is 11.8 Å². The van der Waals surface area contributed by atoms with Crippen LogP contribution in [-0.4, -0.2) is 24.8 Å². The smallest absolute Gasteiger partial charge is 0.314 e. The van der Waals surface area contributed by atoms with Gasteiger partial charge in [-0.25, -0.2) is 4.79 Å². The predicted octanol–water partition coefficient (Wildman–Crippen LogP) is 0.911. The highest BCUT2D eigenvalue weighted by Crippen LogP contribution is 2.15. The molecule has 0 fully saturated rings. The molecule has 0 aromatic carbocycles. The van der Waals surface area contributed by atoms with Crippen LogP contribution in [-0.2, 0) is 6.54 Å². The largest absolute Gasteiger partial charge is 0.395 e. The Hall–Kier alpha value is -1.51. The van der Waals surface area contributed by atoms with Gasteiger partial charge in [0.25, 0.3) is 0 Å². The summed E-state index contributed by atoms with van der Waals surface area (Å²) in [4.78, 5) is 12.0. The minimum Gasteiger partial charge on any atom is -0.395 e. The van der Waals surface area contributed by atoms with Crippen molar-refractivity contribution in [2.75, 3.05) is 13.7 Å². The molecular formula is C11H14N2O2S. The Morgan fingerprint density at radius 3 is 3.12 bits per heavy atom. The molecule has 3 N–H and O–H groups in total. The number of aliphatic hydroxyl groups excluding tert-OH is 1. The number of thiophene rings is 1. The van der Waals surface area contributed by atoms with Crippen molar-refractivity contribution in [3.05, 3.63) is 21.9 Å². The summed E-state index contributed by atoms with van der Waals surface area (Å²) in [5.41, 5.74) is 0.912. The normalized spacial score (nSPS) is 9.12. The van der Waals surface area contributed by atoms with Gasteiger partial charge in [-0.2, -0.15) is 0 Å². The van der Waals surface area contributed by atoms with E-state index in [1.165, 1.54) is 0 Å². The SMILES string of the molecule is CNC(=O)NCc1sccc1C#CCCO. The molecule has 0 aliphatic heterocycles. The summed E-state index contributed by atoms with van der Waals surface area (Å²) in [5.74, 6) is 5.82. The summed E-state index contributed by atoms with van der Waals surface area (Å²) in [5, 5.41) is 15.7. The lowest BCUT2D eigenvalue weighted by Gasteiger charge is -2.02. The molecule has 0 atom stereocenters. The third-order valence-corrected chi connectivity index (χ3v) is 2.76. The molecule has 1 aromatic rings. The zero-order valence-corrected chi connectivity index (χ0v) is 9.86. The van der Waals surface area contributed by atoms with Crippen molar-refractivity contribution >= 4 is 17.4 Å². The summed E-state index contributed by atoms with van der Waals surface area (Å²) in [6.07, 6.45) is 0.470. The van der Waals surface area contributed by atoms with Crippen LogP contribution in [0.1, 0.15) is 16.9 Å². The van der Waals surface area contributed by atoms with Crippen LogP contribution in [0.3, 0.4) is 0 Å². The number of aliphatic hydroxyl groups is 1. The molecule has 1 rings (SSSR count). The standard InChI is InChI=1S/C11H14N2O2S/c1-12-11(15)13-8-10-9(5-7-16-10)4-2-3-6-14/h5,7,14H,3,6,8H2,1H3,(H2,12,13,15). The van der Waals surface area contributed by atoms with Crippen LogP contribution in [0.2, 0.25) is 0 Å². The second-order valence-corrected chi connectivity index (χ2v) is 3.97. The van der Waals surface area contributed by atoms with E-state index in [9.17, 15) is 4.79 Å². The molecule has 0 saturated carbocycles. The number of nitrogens with one attached hydrogen (secondary N) is 2. The van der Waals surface area contributed by atoms with Gasteiger partial charge in [-0.05, 0) is 11.4 Å². The van der Waals surface area contributed by atoms with Crippen LogP contribution in [0.4, 0.5) is 4.79 Å². The van der Waals surface area contributed by atoms with E-state index < -0.39 is 0 Å². The van der Waals surface area contributed by atoms with Gasteiger partial charge < -0.3 is 15.7 Å². The van der Waals surface area contributed by atoms with Crippen LogP contribution in [0.5, 0.6) is 0 Å². The summed E-state index contributed by atoms with van der Waals surface area (Å²) >= 11 is 1.55. The van der Waals surface area contributed by atoms with Crippen molar-refractivity contribution in [2.24, 2.45) is 0 Å². The molecule has 0 bridgehead atoms. The first kappa shape index (κ1) is 12.6. The minimum atomic E-state index is -0.206. The number of rotatable bonds is 3. The van der Waals surface area contributed by atoms with E-state index in [1.807, 2.05) is 11.4 Å². The molecule has 5 heteroatoms. The highest BCUT2D eigenvalue weighted by Gasteiger charge is 2.03. The van der Waals surface area contributed by atoms with E-state index in [1.54, 1.807) is 18.4 Å². The van der Waals surface area contributed by atoms with E-state index in [-0.39, 0.29) is 12.6 Å². The van der Waals surface area contributed by atoms with Crippen LogP contribution >= 0.6 is 11.3 Å². The van der Waals surface area contributed by atoms with Gasteiger partial charge in [-0.15, -0.1) is 11.3 Å². The Morgan fingerprint density at radius 2 is 2.44 bits per heavy atom. The maximum atomic E-state index is 11.0. The third kappa shape index (κ3) is 3.93. The van der Waals surface area contributed by atoms with Crippen LogP contribution in [0.25, 0.3) is 0 Å².